The Kier molecular flexibility index (Phi) is 3.65. The van der Waals surface area contributed by atoms with Crippen molar-refractivity contribution in [3.63, 3.8) is 0 Å². The number of hydrogen-bond donors (Lipinski definition) is 0. The van der Waals surface area contributed by atoms with Gasteiger partial charge in [0.05, 0.1) is 0 Å². The molecule has 0 saturated heterocycles. The lowest BCUT2D eigenvalue weighted by atomic mass is 9.99. The fourth-order valence-corrected chi connectivity index (χ4v) is 3.78. The highest BCUT2D eigenvalue weighted by atomic mass is 79.9. The predicted octanol–water partition coefficient (Wildman–Crippen LogP) is 7.68. The fraction of sp³-hybridized carbons (Fsp3) is 0. The van der Waals surface area contributed by atoms with Crippen LogP contribution in [-0.4, -0.2) is 0 Å². The quantitative estimate of drug-likeness (QED) is 0.297. The molecule has 2 heteroatoms. The Bertz CT molecular complexity index is 1220. The van der Waals surface area contributed by atoms with Crippen LogP contribution in [0.4, 0.5) is 0 Å². The third-order valence-electron chi connectivity index (χ3n) is 4.76. The van der Waals surface area contributed by atoms with Gasteiger partial charge in [-0.25, -0.2) is 0 Å². The molecule has 5 rings (SSSR count). The van der Waals surface area contributed by atoms with Gasteiger partial charge in [0.25, 0.3) is 0 Å². The van der Waals surface area contributed by atoms with Crippen molar-refractivity contribution in [2.75, 3.05) is 0 Å². The second-order valence-corrected chi connectivity index (χ2v) is 7.31. The zero-order valence-electron chi connectivity index (χ0n) is 13.9. The molecule has 0 N–H and O–H groups in total. The van der Waals surface area contributed by atoms with Gasteiger partial charge in [-0.2, -0.15) is 0 Å². The molecular formula is C24H15BrO. The van der Waals surface area contributed by atoms with E-state index in [1.165, 1.54) is 22.3 Å². The largest absolute Gasteiger partial charge is 0.456 e. The Morgan fingerprint density at radius 3 is 1.77 bits per heavy atom. The topological polar surface area (TPSA) is 13.1 Å². The molecule has 0 fully saturated rings. The van der Waals surface area contributed by atoms with Gasteiger partial charge in [0.15, 0.2) is 0 Å². The van der Waals surface area contributed by atoms with E-state index in [1.54, 1.807) is 0 Å². The summed E-state index contributed by atoms with van der Waals surface area (Å²) in [6.07, 6.45) is 0. The van der Waals surface area contributed by atoms with Crippen molar-refractivity contribution in [1.82, 2.24) is 0 Å². The van der Waals surface area contributed by atoms with Crippen LogP contribution in [-0.2, 0) is 0 Å². The van der Waals surface area contributed by atoms with Gasteiger partial charge < -0.3 is 4.42 Å². The number of furan rings is 1. The first-order valence-corrected chi connectivity index (χ1v) is 9.35. The van der Waals surface area contributed by atoms with Crippen LogP contribution in [0.3, 0.4) is 0 Å². The van der Waals surface area contributed by atoms with Crippen molar-refractivity contribution in [2.45, 2.75) is 0 Å². The van der Waals surface area contributed by atoms with Crippen molar-refractivity contribution in [3.05, 3.63) is 95.5 Å². The van der Waals surface area contributed by atoms with Gasteiger partial charge in [0, 0.05) is 15.2 Å². The van der Waals surface area contributed by atoms with Crippen molar-refractivity contribution in [1.29, 1.82) is 0 Å². The summed E-state index contributed by atoms with van der Waals surface area (Å²) in [5.41, 5.74) is 6.70. The second-order valence-electron chi connectivity index (χ2n) is 6.40. The number of halogens is 1. The van der Waals surface area contributed by atoms with E-state index in [-0.39, 0.29) is 0 Å². The minimum absolute atomic E-state index is 0.916. The Labute approximate surface area is 160 Å². The van der Waals surface area contributed by atoms with Crippen molar-refractivity contribution in [3.8, 4) is 22.3 Å². The molecule has 0 aliphatic rings. The molecule has 5 aromatic rings. The maximum atomic E-state index is 5.95. The molecule has 124 valence electrons. The molecule has 0 atom stereocenters. The average Bonchev–Trinajstić information content (AvgIpc) is 3.06. The van der Waals surface area contributed by atoms with Crippen LogP contribution >= 0.6 is 15.9 Å². The Morgan fingerprint density at radius 1 is 0.500 bits per heavy atom. The molecule has 0 bridgehead atoms. The number of fused-ring (bicyclic) bond motifs is 3. The molecule has 0 amide bonds. The molecule has 0 radical (unpaired) electrons. The second kappa shape index (κ2) is 6.15. The van der Waals surface area contributed by atoms with Crippen LogP contribution in [0.2, 0.25) is 0 Å². The highest BCUT2D eigenvalue weighted by molar-refractivity contribution is 9.10. The van der Waals surface area contributed by atoms with Gasteiger partial charge in [0.1, 0.15) is 11.2 Å². The summed E-state index contributed by atoms with van der Waals surface area (Å²) in [5.74, 6) is 0. The van der Waals surface area contributed by atoms with Crippen LogP contribution < -0.4 is 0 Å². The van der Waals surface area contributed by atoms with Crippen LogP contribution in [0.1, 0.15) is 0 Å². The zero-order valence-corrected chi connectivity index (χ0v) is 15.5. The first kappa shape index (κ1) is 15.4. The maximum absolute atomic E-state index is 5.95. The summed E-state index contributed by atoms with van der Waals surface area (Å²) < 4.78 is 7.01. The molecule has 0 saturated carbocycles. The molecule has 0 aliphatic carbocycles. The van der Waals surface area contributed by atoms with Crippen molar-refractivity contribution in [2.24, 2.45) is 0 Å². The van der Waals surface area contributed by atoms with E-state index in [4.69, 9.17) is 4.42 Å². The van der Waals surface area contributed by atoms with Crippen molar-refractivity contribution >= 4 is 37.9 Å². The average molecular weight is 399 g/mol. The van der Waals surface area contributed by atoms with Gasteiger partial charge in [0.2, 0.25) is 0 Å². The predicted molar refractivity (Wildman–Crippen MR) is 112 cm³/mol. The summed E-state index contributed by atoms with van der Waals surface area (Å²) in [6, 6.07) is 31.7. The third kappa shape index (κ3) is 2.63. The summed E-state index contributed by atoms with van der Waals surface area (Å²) in [5, 5.41) is 2.28. The van der Waals surface area contributed by atoms with E-state index in [0.29, 0.717) is 0 Å². The monoisotopic (exact) mass is 398 g/mol. The van der Waals surface area contributed by atoms with E-state index >= 15 is 0 Å². The molecule has 1 aromatic heterocycles. The van der Waals surface area contributed by atoms with Crippen LogP contribution in [0, 0.1) is 0 Å². The van der Waals surface area contributed by atoms with E-state index in [9.17, 15) is 0 Å². The fourth-order valence-electron chi connectivity index (χ4n) is 3.41. The standard InChI is InChI=1S/C24H15BrO/c25-20-11-13-24-22(15-20)21-14-19(10-12-23(21)26-24)18-8-6-17(7-9-18)16-4-2-1-3-5-16/h1-15H. The van der Waals surface area contributed by atoms with E-state index < -0.39 is 0 Å². The molecule has 0 aliphatic heterocycles. The summed E-state index contributed by atoms with van der Waals surface area (Å²) in [4.78, 5) is 0. The Morgan fingerprint density at radius 2 is 1.04 bits per heavy atom. The van der Waals surface area contributed by atoms with Gasteiger partial charge in [-0.05, 0) is 52.6 Å². The van der Waals surface area contributed by atoms with Gasteiger partial charge in [-0.15, -0.1) is 0 Å². The normalized spacial score (nSPS) is 11.3. The molecule has 1 heterocycles. The van der Waals surface area contributed by atoms with Crippen molar-refractivity contribution < 1.29 is 4.42 Å². The van der Waals surface area contributed by atoms with Crippen LogP contribution in [0.5, 0.6) is 0 Å². The number of rotatable bonds is 2. The zero-order chi connectivity index (χ0) is 17.5. The minimum Gasteiger partial charge on any atom is -0.456 e. The van der Waals surface area contributed by atoms with Crippen LogP contribution in [0.15, 0.2) is 99.9 Å². The van der Waals surface area contributed by atoms with E-state index in [0.717, 1.165) is 26.4 Å². The molecule has 0 spiro atoms. The van der Waals surface area contributed by atoms with E-state index in [1.807, 2.05) is 18.2 Å². The first-order valence-electron chi connectivity index (χ1n) is 8.56. The lowest BCUT2D eigenvalue weighted by Gasteiger charge is -2.05. The van der Waals surface area contributed by atoms with Gasteiger partial charge in [-0.1, -0.05) is 76.6 Å². The number of hydrogen-bond acceptors (Lipinski definition) is 1. The SMILES string of the molecule is Brc1ccc2oc3ccc(-c4ccc(-c5ccccc5)cc4)cc3c2c1. The minimum atomic E-state index is 0.916. The first-order chi connectivity index (χ1) is 12.8. The highest BCUT2D eigenvalue weighted by Gasteiger charge is 2.09. The van der Waals surface area contributed by atoms with Gasteiger partial charge >= 0.3 is 0 Å². The summed E-state index contributed by atoms with van der Waals surface area (Å²) in [6.45, 7) is 0. The Hall–Kier alpha value is -2.84. The lowest BCUT2D eigenvalue weighted by molar-refractivity contribution is 0.669. The van der Waals surface area contributed by atoms with Gasteiger partial charge in [-0.3, -0.25) is 0 Å². The molecular weight excluding hydrogens is 384 g/mol. The maximum Gasteiger partial charge on any atom is 0.135 e. The molecule has 0 unspecified atom stereocenters. The molecule has 4 aromatic carbocycles. The highest BCUT2D eigenvalue weighted by Crippen LogP contribution is 2.34. The number of benzene rings is 4. The van der Waals surface area contributed by atoms with E-state index in [2.05, 4.69) is 88.7 Å². The lowest BCUT2D eigenvalue weighted by Crippen LogP contribution is -1.80. The molecule has 26 heavy (non-hydrogen) atoms. The Balaban J connectivity index is 1.60. The third-order valence-corrected chi connectivity index (χ3v) is 5.25. The summed E-state index contributed by atoms with van der Waals surface area (Å²) >= 11 is 3.55. The van der Waals surface area contributed by atoms with Crippen LogP contribution in [0.25, 0.3) is 44.2 Å². The smallest absolute Gasteiger partial charge is 0.135 e. The molecule has 1 nitrogen and oxygen atoms in total. The summed E-state index contributed by atoms with van der Waals surface area (Å²) in [7, 11) is 0.